The molecule has 3 aromatic rings. The summed E-state index contributed by atoms with van der Waals surface area (Å²) in [6.45, 7) is 4.65. The normalized spacial score (nSPS) is 16.0. The molecule has 1 aromatic carbocycles. The molecule has 1 aliphatic rings. The van der Waals surface area contributed by atoms with Gasteiger partial charge in [-0.3, -0.25) is 9.59 Å². The van der Waals surface area contributed by atoms with Crippen molar-refractivity contribution < 1.29 is 14.0 Å². The first kappa shape index (κ1) is 22.2. The van der Waals surface area contributed by atoms with Gasteiger partial charge in [-0.1, -0.05) is 6.58 Å². The summed E-state index contributed by atoms with van der Waals surface area (Å²) in [5.41, 5.74) is 6.97. The Kier molecular flexibility index (Phi) is 5.95. The van der Waals surface area contributed by atoms with Gasteiger partial charge in [-0.15, -0.1) is 0 Å². The van der Waals surface area contributed by atoms with Gasteiger partial charge in [0.15, 0.2) is 11.5 Å². The molecule has 1 atom stereocenters. The summed E-state index contributed by atoms with van der Waals surface area (Å²) in [7, 11) is 3.20. The van der Waals surface area contributed by atoms with Gasteiger partial charge in [0.1, 0.15) is 23.3 Å². The number of amides is 2. The molecule has 0 bridgehead atoms. The molecule has 2 aromatic heterocycles. The fourth-order valence-electron chi connectivity index (χ4n) is 3.96. The molecule has 1 saturated heterocycles. The number of benzene rings is 1. The lowest BCUT2D eigenvalue weighted by Gasteiger charge is -2.32. The number of nitrogen functional groups attached to an aromatic ring is 1. The van der Waals surface area contributed by atoms with Crippen LogP contribution in [-0.4, -0.2) is 68.5 Å². The van der Waals surface area contributed by atoms with Gasteiger partial charge in [-0.05, 0) is 37.1 Å². The maximum absolute atomic E-state index is 14.8. The van der Waals surface area contributed by atoms with Crippen LogP contribution in [0.15, 0.2) is 37.2 Å². The summed E-state index contributed by atoms with van der Waals surface area (Å²) in [5.74, 6) is -0.563. The van der Waals surface area contributed by atoms with E-state index < -0.39 is 5.82 Å². The maximum atomic E-state index is 14.8. The lowest BCUT2D eigenvalue weighted by Crippen LogP contribution is -2.40. The van der Waals surface area contributed by atoms with Gasteiger partial charge in [0.05, 0.1) is 11.7 Å². The number of fused-ring (bicyclic) bond motifs is 1. The molecular weight excluding hydrogens is 427 g/mol. The summed E-state index contributed by atoms with van der Waals surface area (Å²) in [4.78, 5) is 35.7. The van der Waals surface area contributed by atoms with Gasteiger partial charge in [0.2, 0.25) is 5.91 Å². The number of rotatable bonds is 5. The molecule has 11 heteroatoms. The first-order chi connectivity index (χ1) is 15.8. The molecule has 10 nitrogen and oxygen atoms in total. The number of nitrogens with zero attached hydrogens (tertiary/aromatic N) is 6. The number of nitrogens with two attached hydrogens (primary N) is 1. The number of likely N-dealkylation sites (tertiary alicyclic amines) is 1. The van der Waals surface area contributed by atoms with E-state index >= 15 is 0 Å². The maximum Gasteiger partial charge on any atom is 0.253 e. The second-order valence-corrected chi connectivity index (χ2v) is 8.05. The van der Waals surface area contributed by atoms with E-state index in [9.17, 15) is 14.0 Å². The first-order valence-corrected chi connectivity index (χ1v) is 10.5. The van der Waals surface area contributed by atoms with Crippen molar-refractivity contribution in [2.24, 2.45) is 0 Å². The minimum atomic E-state index is -0.610. The highest BCUT2D eigenvalue weighted by Crippen LogP contribution is 2.33. The molecule has 2 amide bonds. The van der Waals surface area contributed by atoms with E-state index in [-0.39, 0.29) is 34.9 Å². The van der Waals surface area contributed by atoms with Crippen molar-refractivity contribution in [3.05, 3.63) is 48.6 Å². The molecule has 3 heterocycles. The number of aromatic nitrogens is 4. The Morgan fingerprint density at radius 1 is 1.33 bits per heavy atom. The summed E-state index contributed by atoms with van der Waals surface area (Å²) in [6.07, 6.45) is 4.23. The van der Waals surface area contributed by atoms with Crippen molar-refractivity contribution >= 4 is 40.2 Å². The van der Waals surface area contributed by atoms with E-state index in [1.807, 2.05) is 0 Å². The van der Waals surface area contributed by atoms with Crippen molar-refractivity contribution in [1.82, 2.24) is 29.5 Å². The highest BCUT2D eigenvalue weighted by atomic mass is 19.1. The minimum Gasteiger partial charge on any atom is -0.383 e. The van der Waals surface area contributed by atoms with Crippen LogP contribution in [-0.2, 0) is 4.79 Å². The number of halogens is 1. The molecule has 1 fully saturated rings. The van der Waals surface area contributed by atoms with Crippen LogP contribution in [0, 0.1) is 5.82 Å². The largest absolute Gasteiger partial charge is 0.383 e. The van der Waals surface area contributed by atoms with E-state index in [4.69, 9.17) is 5.73 Å². The van der Waals surface area contributed by atoms with Crippen LogP contribution in [0.2, 0.25) is 0 Å². The van der Waals surface area contributed by atoms with Crippen LogP contribution in [0.5, 0.6) is 0 Å². The third-order valence-corrected chi connectivity index (χ3v) is 5.62. The highest BCUT2D eigenvalue weighted by molar-refractivity contribution is 5.98. The van der Waals surface area contributed by atoms with Crippen LogP contribution in [0.3, 0.4) is 0 Å². The van der Waals surface area contributed by atoms with E-state index in [2.05, 4.69) is 27.0 Å². The van der Waals surface area contributed by atoms with Crippen molar-refractivity contribution in [1.29, 1.82) is 0 Å². The van der Waals surface area contributed by atoms with E-state index in [1.165, 1.54) is 35.5 Å². The van der Waals surface area contributed by atoms with Crippen molar-refractivity contribution in [3.8, 4) is 0 Å². The smallest absolute Gasteiger partial charge is 0.253 e. The topological polar surface area (TPSA) is 122 Å². The highest BCUT2D eigenvalue weighted by Gasteiger charge is 2.28. The van der Waals surface area contributed by atoms with Gasteiger partial charge < -0.3 is 20.9 Å². The quantitative estimate of drug-likeness (QED) is 0.570. The van der Waals surface area contributed by atoms with Gasteiger partial charge in [0, 0.05) is 32.7 Å². The van der Waals surface area contributed by atoms with Crippen LogP contribution in [0.4, 0.5) is 21.7 Å². The molecule has 33 heavy (non-hydrogen) atoms. The molecule has 0 aliphatic carbocycles. The zero-order valence-electron chi connectivity index (χ0n) is 18.5. The Morgan fingerprint density at radius 2 is 2.12 bits per heavy atom. The van der Waals surface area contributed by atoms with Gasteiger partial charge in [-0.2, -0.15) is 5.10 Å². The van der Waals surface area contributed by atoms with Crippen molar-refractivity contribution in [2.75, 3.05) is 38.2 Å². The average Bonchev–Trinajstić information content (AvgIpc) is 3.19. The summed E-state index contributed by atoms with van der Waals surface area (Å²) in [6, 6.07) is 4.04. The van der Waals surface area contributed by atoms with Crippen molar-refractivity contribution in [2.45, 2.75) is 18.9 Å². The van der Waals surface area contributed by atoms with E-state index in [0.717, 1.165) is 12.8 Å². The third kappa shape index (κ3) is 4.21. The predicted molar refractivity (Wildman–Crippen MR) is 122 cm³/mol. The number of carbonyl (C=O) groups is 2. The number of piperidine rings is 1. The molecule has 4 rings (SSSR count). The summed E-state index contributed by atoms with van der Waals surface area (Å²) < 4.78 is 16.5. The van der Waals surface area contributed by atoms with Gasteiger partial charge in [0.25, 0.3) is 5.91 Å². The molecule has 0 spiro atoms. The Balaban J connectivity index is 1.70. The van der Waals surface area contributed by atoms with Crippen LogP contribution in [0.1, 0.15) is 29.2 Å². The third-order valence-electron chi connectivity index (χ3n) is 5.62. The number of hydrogen-bond donors (Lipinski definition) is 2. The zero-order valence-corrected chi connectivity index (χ0v) is 18.5. The average molecular weight is 452 g/mol. The Bertz CT molecular complexity index is 1240. The van der Waals surface area contributed by atoms with Crippen LogP contribution >= 0.6 is 0 Å². The minimum absolute atomic E-state index is 0.132. The standard InChI is InChI=1S/C22H25FN8O2/c1-4-17(32)30-9-5-6-14(11-30)31-21-18(19(24)25-12-26-21)20(28-31)27-16-8-7-13(10-15(16)23)22(33)29(2)3/h4,7-8,10,12,14H,1,5-6,9,11H2,2-3H3,(H,27,28)(H2,24,25,26). The molecule has 1 unspecified atom stereocenters. The monoisotopic (exact) mass is 452 g/mol. The molecule has 172 valence electrons. The lowest BCUT2D eigenvalue weighted by molar-refractivity contribution is -0.127. The molecule has 0 saturated carbocycles. The molecule has 0 radical (unpaired) electrons. The lowest BCUT2D eigenvalue weighted by atomic mass is 10.1. The van der Waals surface area contributed by atoms with Gasteiger partial charge >= 0.3 is 0 Å². The first-order valence-electron chi connectivity index (χ1n) is 10.5. The second-order valence-electron chi connectivity index (χ2n) is 8.05. The van der Waals surface area contributed by atoms with Gasteiger partial charge in [-0.25, -0.2) is 19.0 Å². The molecule has 3 N–H and O–H groups in total. The zero-order chi connectivity index (χ0) is 23.7. The number of carbonyl (C=O) groups excluding carboxylic acids is 2. The molecular formula is C22H25FN8O2. The van der Waals surface area contributed by atoms with E-state index in [0.29, 0.717) is 29.9 Å². The van der Waals surface area contributed by atoms with Crippen LogP contribution < -0.4 is 11.1 Å². The van der Waals surface area contributed by atoms with Crippen LogP contribution in [0.25, 0.3) is 11.0 Å². The number of hydrogen-bond acceptors (Lipinski definition) is 7. The summed E-state index contributed by atoms with van der Waals surface area (Å²) in [5, 5.41) is 8.06. The predicted octanol–water partition coefficient (Wildman–Crippen LogP) is 2.34. The fraction of sp³-hybridized carbons (Fsp3) is 0.318. The summed E-state index contributed by atoms with van der Waals surface area (Å²) >= 11 is 0. The molecule has 1 aliphatic heterocycles. The fourth-order valence-corrected chi connectivity index (χ4v) is 3.96. The Labute approximate surface area is 189 Å². The number of anilines is 3. The second kappa shape index (κ2) is 8.85. The Morgan fingerprint density at radius 3 is 2.82 bits per heavy atom. The van der Waals surface area contributed by atoms with E-state index in [1.54, 1.807) is 23.7 Å². The number of nitrogens with one attached hydrogen (secondary N) is 1. The SMILES string of the molecule is C=CC(=O)N1CCCC(n2nc(Nc3ccc(C(=O)N(C)C)cc3F)c3c(N)ncnc32)C1. The van der Waals surface area contributed by atoms with Crippen molar-refractivity contribution in [3.63, 3.8) is 0 Å². The Hall–Kier alpha value is -4.02.